The Hall–Kier alpha value is -1.81. The minimum Gasteiger partial charge on any atom is -0.472 e. The van der Waals surface area contributed by atoms with Gasteiger partial charge in [-0.1, -0.05) is 18.2 Å². The lowest BCUT2D eigenvalue weighted by atomic mass is 10.3. The molecule has 0 radical (unpaired) electrons. The molecule has 0 amide bonds. The first-order valence-corrected chi connectivity index (χ1v) is 5.36. The van der Waals surface area contributed by atoms with Gasteiger partial charge in [0.2, 0.25) is 0 Å². The standard InChI is InChI=1S/C12H12N2OS/c16-12(13-8-10-6-7-15-9-10)14-11-4-2-1-3-5-11/h1-7,9H,8H2,(H2,13,14,16). The van der Waals surface area contributed by atoms with Gasteiger partial charge in [0.15, 0.2) is 5.11 Å². The first-order valence-electron chi connectivity index (χ1n) is 4.95. The smallest absolute Gasteiger partial charge is 0.171 e. The summed E-state index contributed by atoms with van der Waals surface area (Å²) in [5.41, 5.74) is 2.05. The third-order valence-corrected chi connectivity index (χ3v) is 2.31. The van der Waals surface area contributed by atoms with Crippen LogP contribution in [0.25, 0.3) is 0 Å². The minimum absolute atomic E-state index is 0.604. The second-order valence-electron chi connectivity index (χ2n) is 3.31. The van der Waals surface area contributed by atoms with E-state index < -0.39 is 0 Å². The maximum Gasteiger partial charge on any atom is 0.171 e. The van der Waals surface area contributed by atoms with Crippen LogP contribution in [0.15, 0.2) is 53.3 Å². The van der Waals surface area contributed by atoms with Crippen molar-refractivity contribution in [1.82, 2.24) is 5.32 Å². The van der Waals surface area contributed by atoms with Crippen molar-refractivity contribution < 1.29 is 4.42 Å². The van der Waals surface area contributed by atoms with Crippen LogP contribution in [-0.2, 0) is 6.54 Å². The number of anilines is 1. The lowest BCUT2D eigenvalue weighted by molar-refractivity contribution is 0.563. The molecule has 1 aromatic carbocycles. The van der Waals surface area contributed by atoms with Gasteiger partial charge in [0.1, 0.15) is 0 Å². The molecule has 0 fully saturated rings. The first kappa shape index (κ1) is 10.7. The highest BCUT2D eigenvalue weighted by molar-refractivity contribution is 7.80. The molecular weight excluding hydrogens is 220 g/mol. The number of furan rings is 1. The molecule has 0 aliphatic carbocycles. The Kier molecular flexibility index (Phi) is 3.56. The summed E-state index contributed by atoms with van der Waals surface area (Å²) in [6, 6.07) is 11.7. The molecule has 0 aliphatic heterocycles. The molecule has 2 N–H and O–H groups in total. The van der Waals surface area contributed by atoms with Gasteiger partial charge in [0.05, 0.1) is 12.5 Å². The van der Waals surface area contributed by atoms with Gasteiger partial charge < -0.3 is 15.1 Å². The topological polar surface area (TPSA) is 37.2 Å². The predicted octanol–water partition coefficient (Wildman–Crippen LogP) is 2.77. The van der Waals surface area contributed by atoms with Gasteiger partial charge in [-0.2, -0.15) is 0 Å². The van der Waals surface area contributed by atoms with E-state index in [2.05, 4.69) is 10.6 Å². The molecule has 3 nitrogen and oxygen atoms in total. The molecule has 0 saturated carbocycles. The normalized spacial score (nSPS) is 9.75. The third kappa shape index (κ3) is 3.10. The number of thiocarbonyl (C=S) groups is 1. The van der Waals surface area contributed by atoms with Crippen LogP contribution < -0.4 is 10.6 Å². The van der Waals surface area contributed by atoms with E-state index in [4.69, 9.17) is 16.6 Å². The molecule has 1 aromatic heterocycles. The summed E-state index contributed by atoms with van der Waals surface area (Å²) in [6.45, 7) is 0.662. The van der Waals surface area contributed by atoms with E-state index in [-0.39, 0.29) is 0 Å². The Morgan fingerprint density at radius 2 is 2.00 bits per heavy atom. The zero-order valence-corrected chi connectivity index (χ0v) is 9.46. The molecular formula is C12H12N2OS. The highest BCUT2D eigenvalue weighted by Crippen LogP contribution is 2.05. The van der Waals surface area contributed by atoms with Gasteiger partial charge in [0.25, 0.3) is 0 Å². The van der Waals surface area contributed by atoms with Crippen molar-refractivity contribution in [3.05, 3.63) is 54.5 Å². The summed E-state index contributed by atoms with van der Waals surface area (Å²) in [6.07, 6.45) is 3.34. The quantitative estimate of drug-likeness (QED) is 0.798. The summed E-state index contributed by atoms with van der Waals surface area (Å²) in [5, 5.41) is 6.79. The second kappa shape index (κ2) is 5.32. The van der Waals surface area contributed by atoms with E-state index >= 15 is 0 Å². The van der Waals surface area contributed by atoms with Crippen LogP contribution in [0.5, 0.6) is 0 Å². The van der Waals surface area contributed by atoms with E-state index in [0.29, 0.717) is 11.7 Å². The van der Waals surface area contributed by atoms with Crippen LogP contribution in [0.3, 0.4) is 0 Å². The van der Waals surface area contributed by atoms with Crippen LogP contribution in [0, 0.1) is 0 Å². The number of nitrogens with one attached hydrogen (secondary N) is 2. The fourth-order valence-corrected chi connectivity index (χ4v) is 1.46. The summed E-state index contributed by atoms with van der Waals surface area (Å²) in [7, 11) is 0. The first-order chi connectivity index (χ1) is 7.84. The number of hydrogen-bond acceptors (Lipinski definition) is 2. The van der Waals surface area contributed by atoms with Gasteiger partial charge in [-0.15, -0.1) is 0 Å². The van der Waals surface area contributed by atoms with Crippen molar-refractivity contribution in [1.29, 1.82) is 0 Å². The zero-order chi connectivity index (χ0) is 11.2. The van der Waals surface area contributed by atoms with E-state index in [1.165, 1.54) is 0 Å². The average Bonchev–Trinajstić information content (AvgIpc) is 2.81. The fraction of sp³-hybridized carbons (Fsp3) is 0.0833. The maximum atomic E-state index is 5.16. The maximum absolute atomic E-state index is 5.16. The van der Waals surface area contributed by atoms with Crippen molar-refractivity contribution in [2.45, 2.75) is 6.54 Å². The molecule has 0 atom stereocenters. The van der Waals surface area contributed by atoms with Crippen molar-refractivity contribution in [3.63, 3.8) is 0 Å². The number of hydrogen-bond donors (Lipinski definition) is 2. The number of benzene rings is 1. The van der Waals surface area contributed by atoms with E-state index in [1.54, 1.807) is 12.5 Å². The second-order valence-corrected chi connectivity index (χ2v) is 3.71. The van der Waals surface area contributed by atoms with Crippen molar-refractivity contribution >= 4 is 23.0 Å². The minimum atomic E-state index is 0.604. The van der Waals surface area contributed by atoms with Crippen molar-refractivity contribution in [2.24, 2.45) is 0 Å². The fourth-order valence-electron chi connectivity index (χ4n) is 1.27. The molecule has 2 aromatic rings. The van der Waals surface area contributed by atoms with Crippen LogP contribution in [0.4, 0.5) is 5.69 Å². The van der Waals surface area contributed by atoms with E-state index in [1.807, 2.05) is 36.4 Å². The average molecular weight is 232 g/mol. The number of rotatable bonds is 3. The van der Waals surface area contributed by atoms with Crippen LogP contribution in [0.1, 0.15) is 5.56 Å². The summed E-state index contributed by atoms with van der Waals surface area (Å²) in [4.78, 5) is 0. The van der Waals surface area contributed by atoms with Gasteiger partial charge in [-0.25, -0.2) is 0 Å². The van der Waals surface area contributed by atoms with Crippen LogP contribution in [-0.4, -0.2) is 5.11 Å². The summed E-state index contributed by atoms with van der Waals surface area (Å²) < 4.78 is 4.96. The lowest BCUT2D eigenvalue weighted by Gasteiger charge is -2.09. The van der Waals surface area contributed by atoms with E-state index in [9.17, 15) is 0 Å². The molecule has 0 spiro atoms. The van der Waals surface area contributed by atoms with Crippen molar-refractivity contribution in [3.8, 4) is 0 Å². The largest absolute Gasteiger partial charge is 0.472 e. The highest BCUT2D eigenvalue weighted by Gasteiger charge is 1.97. The van der Waals surface area contributed by atoms with Crippen LogP contribution in [0.2, 0.25) is 0 Å². The van der Waals surface area contributed by atoms with Gasteiger partial charge in [0, 0.05) is 17.8 Å². The van der Waals surface area contributed by atoms with Gasteiger partial charge in [-0.05, 0) is 30.4 Å². The van der Waals surface area contributed by atoms with Crippen molar-refractivity contribution in [2.75, 3.05) is 5.32 Å². The van der Waals surface area contributed by atoms with Gasteiger partial charge >= 0.3 is 0 Å². The van der Waals surface area contributed by atoms with Crippen LogP contribution >= 0.6 is 12.2 Å². The number of para-hydroxylation sites is 1. The predicted molar refractivity (Wildman–Crippen MR) is 68.2 cm³/mol. The Balaban J connectivity index is 1.81. The Bertz CT molecular complexity index is 439. The third-order valence-electron chi connectivity index (χ3n) is 2.06. The molecule has 82 valence electrons. The Morgan fingerprint density at radius 3 is 2.69 bits per heavy atom. The summed E-state index contributed by atoms with van der Waals surface area (Å²) in [5.74, 6) is 0. The monoisotopic (exact) mass is 232 g/mol. The molecule has 0 aliphatic rings. The molecule has 1 heterocycles. The van der Waals surface area contributed by atoms with Gasteiger partial charge in [-0.3, -0.25) is 0 Å². The molecule has 0 saturated heterocycles. The molecule has 2 rings (SSSR count). The molecule has 0 bridgehead atoms. The SMILES string of the molecule is S=C(NCc1ccoc1)Nc1ccccc1. The zero-order valence-electron chi connectivity index (χ0n) is 8.64. The lowest BCUT2D eigenvalue weighted by Crippen LogP contribution is -2.27. The highest BCUT2D eigenvalue weighted by atomic mass is 32.1. The summed E-state index contributed by atoms with van der Waals surface area (Å²) >= 11 is 5.16. The molecule has 0 unspecified atom stereocenters. The van der Waals surface area contributed by atoms with E-state index in [0.717, 1.165) is 11.3 Å². The molecule has 16 heavy (non-hydrogen) atoms. The Morgan fingerprint density at radius 1 is 1.19 bits per heavy atom. The Labute approximate surface area is 99.5 Å². The molecule has 4 heteroatoms.